The fraction of sp³-hybridized carbons (Fsp3) is 0.556. The molecule has 1 aromatic rings. The molecule has 0 aromatic carbocycles. The molecule has 78 valence electrons. The highest BCUT2D eigenvalue weighted by atomic mass is 16.2. The molecule has 0 saturated heterocycles. The van der Waals surface area contributed by atoms with Crippen LogP contribution in [-0.2, 0) is 0 Å². The van der Waals surface area contributed by atoms with Crippen LogP contribution < -0.4 is 10.6 Å². The molecule has 0 aliphatic rings. The summed E-state index contributed by atoms with van der Waals surface area (Å²) in [5.74, 6) is 0.532. The topological polar surface area (TPSA) is 69.8 Å². The molecule has 0 spiro atoms. The minimum Gasteiger partial charge on any atom is -0.333 e. The number of aromatic amines is 1. The van der Waals surface area contributed by atoms with Crippen molar-refractivity contribution in [1.29, 1.82) is 0 Å². The molecule has 0 aliphatic carbocycles. The molecule has 1 heterocycles. The first kappa shape index (κ1) is 10.6. The molecule has 3 N–H and O–H groups in total. The number of nitrogens with zero attached hydrogens (tertiary/aromatic N) is 1. The largest absolute Gasteiger partial charge is 0.333 e. The van der Waals surface area contributed by atoms with Crippen molar-refractivity contribution >= 4 is 11.8 Å². The monoisotopic (exact) mass is 196 g/mol. The van der Waals surface area contributed by atoms with Crippen LogP contribution in [0.25, 0.3) is 0 Å². The van der Waals surface area contributed by atoms with Crippen LogP contribution in [0.5, 0.6) is 0 Å². The van der Waals surface area contributed by atoms with E-state index in [0.29, 0.717) is 5.82 Å². The summed E-state index contributed by atoms with van der Waals surface area (Å²) in [5, 5.41) is 12.0. The van der Waals surface area contributed by atoms with Crippen LogP contribution in [0.1, 0.15) is 26.5 Å². The van der Waals surface area contributed by atoms with Crippen molar-refractivity contribution in [1.82, 2.24) is 15.5 Å². The maximum Gasteiger partial charge on any atom is 0.320 e. The van der Waals surface area contributed by atoms with E-state index >= 15 is 0 Å². The lowest BCUT2D eigenvalue weighted by atomic mass is 10.1. The van der Waals surface area contributed by atoms with Gasteiger partial charge >= 0.3 is 6.03 Å². The molecule has 5 nitrogen and oxygen atoms in total. The quantitative estimate of drug-likeness (QED) is 0.639. The average Bonchev–Trinajstić information content (AvgIpc) is 2.30. The molecular weight excluding hydrogens is 180 g/mol. The maximum atomic E-state index is 11.4. The molecule has 0 bridgehead atoms. The Morgan fingerprint density at radius 1 is 1.50 bits per heavy atom. The SMILES string of the molecule is Cc1cc(NC(=O)NC(C)(C)C)n[nH]1. The lowest BCUT2D eigenvalue weighted by Gasteiger charge is -2.20. The lowest BCUT2D eigenvalue weighted by Crippen LogP contribution is -2.43. The number of hydrogen-bond donors (Lipinski definition) is 3. The molecule has 0 saturated carbocycles. The summed E-state index contributed by atoms with van der Waals surface area (Å²) in [6.45, 7) is 7.63. The van der Waals surface area contributed by atoms with Crippen molar-refractivity contribution in [2.45, 2.75) is 33.2 Å². The lowest BCUT2D eigenvalue weighted by molar-refractivity contribution is 0.243. The number of aromatic nitrogens is 2. The standard InChI is InChI=1S/C9H16N4O/c1-6-5-7(13-12-6)10-8(14)11-9(2,3)4/h5H,1-4H3,(H3,10,11,12,13,14). The Hall–Kier alpha value is -1.52. The van der Waals surface area contributed by atoms with Gasteiger partial charge in [-0.1, -0.05) is 0 Å². The number of carbonyl (C=O) groups excluding carboxylic acids is 1. The summed E-state index contributed by atoms with van der Waals surface area (Å²) >= 11 is 0. The summed E-state index contributed by atoms with van der Waals surface area (Å²) in [7, 11) is 0. The Labute approximate surface area is 83.3 Å². The number of urea groups is 1. The summed E-state index contributed by atoms with van der Waals surface area (Å²) in [5.41, 5.74) is 0.672. The average molecular weight is 196 g/mol. The van der Waals surface area contributed by atoms with Crippen LogP contribution in [0.15, 0.2) is 6.07 Å². The molecule has 0 unspecified atom stereocenters. The van der Waals surface area contributed by atoms with Crippen LogP contribution in [0.2, 0.25) is 0 Å². The van der Waals surface area contributed by atoms with E-state index in [0.717, 1.165) is 5.69 Å². The fourth-order valence-corrected chi connectivity index (χ4v) is 0.970. The van der Waals surface area contributed by atoms with Gasteiger partial charge in [0.1, 0.15) is 0 Å². The van der Waals surface area contributed by atoms with Crippen LogP contribution in [0.4, 0.5) is 10.6 Å². The van der Waals surface area contributed by atoms with E-state index in [2.05, 4.69) is 20.8 Å². The molecule has 14 heavy (non-hydrogen) atoms. The third-order valence-electron chi connectivity index (χ3n) is 1.44. The first-order chi connectivity index (χ1) is 6.37. The highest BCUT2D eigenvalue weighted by Crippen LogP contribution is 2.04. The predicted molar refractivity (Wildman–Crippen MR) is 55.2 cm³/mol. The predicted octanol–water partition coefficient (Wildman–Crippen LogP) is 1.64. The number of carbonyl (C=O) groups is 1. The van der Waals surface area contributed by atoms with Gasteiger partial charge < -0.3 is 5.32 Å². The van der Waals surface area contributed by atoms with Crippen LogP contribution in [0, 0.1) is 6.92 Å². The van der Waals surface area contributed by atoms with Gasteiger partial charge in [0.05, 0.1) is 0 Å². The summed E-state index contributed by atoms with van der Waals surface area (Å²) in [4.78, 5) is 11.4. The number of amides is 2. The van der Waals surface area contributed by atoms with Gasteiger partial charge in [-0.15, -0.1) is 0 Å². The van der Waals surface area contributed by atoms with Gasteiger partial charge in [0.25, 0.3) is 0 Å². The van der Waals surface area contributed by atoms with E-state index in [1.807, 2.05) is 27.7 Å². The Kier molecular flexibility index (Phi) is 2.78. The summed E-state index contributed by atoms with van der Waals surface area (Å²) in [6, 6.07) is 1.52. The highest BCUT2D eigenvalue weighted by Gasteiger charge is 2.13. The number of rotatable bonds is 1. The van der Waals surface area contributed by atoms with E-state index in [9.17, 15) is 4.79 Å². The second-order valence-electron chi connectivity index (χ2n) is 4.27. The molecule has 1 rings (SSSR count). The Bertz CT molecular complexity index is 324. The third kappa shape index (κ3) is 3.47. The normalized spacial score (nSPS) is 11.1. The van der Waals surface area contributed by atoms with Gasteiger partial charge in [-0.2, -0.15) is 5.10 Å². The minimum absolute atomic E-state index is 0.241. The first-order valence-corrected chi connectivity index (χ1v) is 4.48. The number of aryl methyl sites for hydroxylation is 1. The fourth-order valence-electron chi connectivity index (χ4n) is 0.970. The van der Waals surface area contributed by atoms with Gasteiger partial charge in [0, 0.05) is 17.3 Å². The maximum absolute atomic E-state index is 11.4. The van der Waals surface area contributed by atoms with Gasteiger partial charge in [-0.05, 0) is 27.7 Å². The molecule has 0 aliphatic heterocycles. The van der Waals surface area contributed by atoms with Crippen molar-refractivity contribution < 1.29 is 4.79 Å². The molecule has 5 heteroatoms. The minimum atomic E-state index is -0.246. The van der Waals surface area contributed by atoms with Crippen molar-refractivity contribution in [3.05, 3.63) is 11.8 Å². The van der Waals surface area contributed by atoms with Crippen molar-refractivity contribution in [3.8, 4) is 0 Å². The molecule has 0 radical (unpaired) electrons. The second kappa shape index (κ2) is 3.69. The van der Waals surface area contributed by atoms with Crippen molar-refractivity contribution in [3.63, 3.8) is 0 Å². The van der Waals surface area contributed by atoms with E-state index < -0.39 is 0 Å². The van der Waals surface area contributed by atoms with Gasteiger partial charge in [-0.3, -0.25) is 10.4 Å². The first-order valence-electron chi connectivity index (χ1n) is 4.48. The summed E-state index contributed by atoms with van der Waals surface area (Å²) in [6.07, 6.45) is 0. The molecular formula is C9H16N4O. The molecule has 2 amide bonds. The Morgan fingerprint density at radius 2 is 2.14 bits per heavy atom. The van der Waals surface area contributed by atoms with E-state index in [4.69, 9.17) is 0 Å². The highest BCUT2D eigenvalue weighted by molar-refractivity contribution is 5.88. The van der Waals surface area contributed by atoms with E-state index in [-0.39, 0.29) is 11.6 Å². The smallest absolute Gasteiger partial charge is 0.320 e. The Balaban J connectivity index is 2.50. The van der Waals surface area contributed by atoms with Gasteiger partial charge in [-0.25, -0.2) is 4.79 Å². The van der Waals surface area contributed by atoms with Crippen LogP contribution in [-0.4, -0.2) is 21.8 Å². The second-order valence-corrected chi connectivity index (χ2v) is 4.27. The number of nitrogens with one attached hydrogen (secondary N) is 3. The van der Waals surface area contributed by atoms with Crippen molar-refractivity contribution in [2.24, 2.45) is 0 Å². The zero-order valence-electron chi connectivity index (χ0n) is 8.93. The molecule has 0 atom stereocenters. The van der Waals surface area contributed by atoms with Gasteiger partial charge in [0.2, 0.25) is 0 Å². The summed E-state index contributed by atoms with van der Waals surface area (Å²) < 4.78 is 0. The van der Waals surface area contributed by atoms with E-state index in [1.165, 1.54) is 0 Å². The Morgan fingerprint density at radius 3 is 2.57 bits per heavy atom. The number of anilines is 1. The van der Waals surface area contributed by atoms with Crippen LogP contribution in [0.3, 0.4) is 0 Å². The zero-order chi connectivity index (χ0) is 10.8. The molecule has 1 aromatic heterocycles. The van der Waals surface area contributed by atoms with Crippen molar-refractivity contribution in [2.75, 3.05) is 5.32 Å². The number of H-pyrrole nitrogens is 1. The zero-order valence-corrected chi connectivity index (χ0v) is 8.93. The molecule has 0 fully saturated rings. The number of hydrogen-bond acceptors (Lipinski definition) is 2. The van der Waals surface area contributed by atoms with Crippen LogP contribution >= 0.6 is 0 Å². The van der Waals surface area contributed by atoms with E-state index in [1.54, 1.807) is 6.07 Å². The third-order valence-corrected chi connectivity index (χ3v) is 1.44. The van der Waals surface area contributed by atoms with Gasteiger partial charge in [0.15, 0.2) is 5.82 Å².